The predicted molar refractivity (Wildman–Crippen MR) is 124 cm³/mol. The number of methoxy groups -OCH3 is 1. The summed E-state index contributed by atoms with van der Waals surface area (Å²) in [7, 11) is 1.03. The van der Waals surface area contributed by atoms with E-state index in [1.165, 1.54) is 30.5 Å². The second-order valence-corrected chi connectivity index (χ2v) is 8.12. The minimum atomic E-state index is -1.49. The van der Waals surface area contributed by atoms with Crippen LogP contribution in [0.25, 0.3) is 33.0 Å². The van der Waals surface area contributed by atoms with Crippen LogP contribution in [0.1, 0.15) is 31.7 Å². The highest BCUT2D eigenvalue weighted by Gasteiger charge is 2.22. The van der Waals surface area contributed by atoms with Gasteiger partial charge in [-0.3, -0.25) is 0 Å². The third-order valence-electron chi connectivity index (χ3n) is 5.89. The molecule has 0 atom stereocenters. The maximum atomic E-state index is 14.9. The van der Waals surface area contributed by atoms with E-state index in [9.17, 15) is 17.6 Å². The number of halogens is 4. The number of hydrogen-bond acceptors (Lipinski definition) is 1. The summed E-state index contributed by atoms with van der Waals surface area (Å²) in [6.45, 7) is 2.18. The van der Waals surface area contributed by atoms with Gasteiger partial charge in [-0.05, 0) is 58.5 Å². The Morgan fingerprint density at radius 2 is 1.36 bits per heavy atom. The van der Waals surface area contributed by atoms with E-state index in [4.69, 9.17) is 0 Å². The quantitative estimate of drug-likeness (QED) is 0.155. The fourth-order valence-electron chi connectivity index (χ4n) is 4.08. The molecule has 0 aliphatic heterocycles. The van der Waals surface area contributed by atoms with Gasteiger partial charge in [0.1, 0.15) is 5.82 Å². The van der Waals surface area contributed by atoms with Crippen molar-refractivity contribution in [2.45, 2.75) is 32.6 Å². The largest absolute Gasteiger partial charge is 0.491 e. The van der Waals surface area contributed by atoms with E-state index in [1.807, 2.05) is 18.2 Å². The highest BCUT2D eigenvalue weighted by Crippen LogP contribution is 2.35. The molecular weight excluding hydrogens is 428 g/mol. The van der Waals surface area contributed by atoms with Gasteiger partial charge < -0.3 is 4.74 Å². The molecule has 0 spiro atoms. The monoisotopic (exact) mass is 452 g/mol. The second-order valence-electron chi connectivity index (χ2n) is 8.12. The molecule has 0 N–H and O–H groups in total. The Morgan fingerprint density at radius 3 is 2.09 bits per heavy atom. The number of aryl methyl sites for hydroxylation is 1. The first kappa shape index (κ1) is 22.8. The maximum Gasteiger partial charge on any atom is 0.204 e. The van der Waals surface area contributed by atoms with Crippen LogP contribution in [0.5, 0.6) is 5.75 Å². The Morgan fingerprint density at radius 1 is 0.667 bits per heavy atom. The molecule has 0 radical (unpaired) electrons. The van der Waals surface area contributed by atoms with E-state index >= 15 is 0 Å². The average Bonchev–Trinajstić information content (AvgIpc) is 2.82. The molecular formula is C28H24F4O. The summed E-state index contributed by atoms with van der Waals surface area (Å²) in [5, 5.41) is 2.14. The van der Waals surface area contributed by atoms with Crippen LogP contribution in [0.4, 0.5) is 17.6 Å². The van der Waals surface area contributed by atoms with Gasteiger partial charge in [0.25, 0.3) is 0 Å². The first-order valence-electron chi connectivity index (χ1n) is 11.0. The molecule has 0 aliphatic carbocycles. The molecule has 0 aliphatic rings. The van der Waals surface area contributed by atoms with E-state index in [2.05, 4.69) is 29.9 Å². The van der Waals surface area contributed by atoms with E-state index in [-0.39, 0.29) is 5.56 Å². The maximum absolute atomic E-state index is 14.9. The normalized spacial score (nSPS) is 11.2. The summed E-state index contributed by atoms with van der Waals surface area (Å²) in [4.78, 5) is 0. The number of unbranched alkanes of at least 4 members (excludes halogenated alkanes) is 2. The summed E-state index contributed by atoms with van der Waals surface area (Å²) in [6.07, 6.45) is 4.59. The van der Waals surface area contributed by atoms with Crippen LogP contribution < -0.4 is 4.74 Å². The van der Waals surface area contributed by atoms with Gasteiger partial charge in [-0.25, -0.2) is 13.2 Å². The number of benzene rings is 4. The topological polar surface area (TPSA) is 9.23 Å². The van der Waals surface area contributed by atoms with Crippen LogP contribution in [-0.4, -0.2) is 7.11 Å². The van der Waals surface area contributed by atoms with Gasteiger partial charge in [0, 0.05) is 11.1 Å². The zero-order valence-electron chi connectivity index (χ0n) is 18.5. The molecule has 33 heavy (non-hydrogen) atoms. The lowest BCUT2D eigenvalue weighted by Crippen LogP contribution is -2.00. The summed E-state index contributed by atoms with van der Waals surface area (Å²) in [5.41, 5.74) is 1.94. The van der Waals surface area contributed by atoms with Gasteiger partial charge in [-0.1, -0.05) is 62.2 Å². The smallest absolute Gasteiger partial charge is 0.204 e. The van der Waals surface area contributed by atoms with Crippen LogP contribution in [-0.2, 0) is 6.42 Å². The van der Waals surface area contributed by atoms with Crippen LogP contribution in [0.2, 0.25) is 0 Å². The molecule has 0 bridgehead atoms. The predicted octanol–water partition coefficient (Wildman–Crippen LogP) is 8.47. The SMILES string of the molecule is CCCCCc1ccc2cc(-c3ccc(-c4cc(F)c(OC)c(F)c4F)c(F)c3)ccc2c1. The van der Waals surface area contributed by atoms with Crippen molar-refractivity contribution in [3.63, 3.8) is 0 Å². The van der Waals surface area contributed by atoms with Crippen molar-refractivity contribution in [2.75, 3.05) is 7.11 Å². The summed E-state index contributed by atoms with van der Waals surface area (Å²) in [6, 6.07) is 17.1. The highest BCUT2D eigenvalue weighted by molar-refractivity contribution is 5.88. The molecule has 170 valence electrons. The highest BCUT2D eigenvalue weighted by atomic mass is 19.2. The molecule has 4 aromatic rings. The Hall–Kier alpha value is -3.34. The van der Waals surface area contributed by atoms with E-state index in [0.717, 1.165) is 42.4 Å². The van der Waals surface area contributed by atoms with E-state index in [1.54, 1.807) is 6.07 Å². The molecule has 0 aromatic heterocycles. The Labute approximate surface area is 190 Å². The molecule has 4 aromatic carbocycles. The van der Waals surface area contributed by atoms with Crippen LogP contribution in [0, 0.1) is 23.3 Å². The first-order chi connectivity index (χ1) is 15.9. The fraction of sp³-hybridized carbons (Fsp3) is 0.214. The van der Waals surface area contributed by atoms with Crippen molar-refractivity contribution in [3.05, 3.63) is 89.5 Å². The van der Waals surface area contributed by atoms with Crippen molar-refractivity contribution in [3.8, 4) is 28.0 Å². The first-order valence-corrected chi connectivity index (χ1v) is 11.0. The molecule has 0 saturated carbocycles. The lowest BCUT2D eigenvalue weighted by molar-refractivity contribution is 0.347. The standard InChI is InChI=1S/C28H24F4O/c1-3-4-5-6-17-7-8-19-14-20(10-9-18(19)13-17)21-11-12-22(24(29)15-21)23-16-25(30)28(33-2)27(32)26(23)31/h7-16H,3-6H2,1-2H3. The van der Waals surface area contributed by atoms with E-state index in [0.29, 0.717) is 5.56 Å². The molecule has 5 heteroatoms. The van der Waals surface area contributed by atoms with Gasteiger partial charge in [0.15, 0.2) is 17.4 Å². The Balaban J connectivity index is 1.66. The molecule has 0 amide bonds. The van der Waals surface area contributed by atoms with Crippen molar-refractivity contribution in [1.82, 2.24) is 0 Å². The van der Waals surface area contributed by atoms with Crippen molar-refractivity contribution < 1.29 is 22.3 Å². The van der Waals surface area contributed by atoms with Crippen LogP contribution >= 0.6 is 0 Å². The van der Waals surface area contributed by atoms with Gasteiger partial charge in [-0.15, -0.1) is 0 Å². The lowest BCUT2D eigenvalue weighted by atomic mass is 9.96. The average molecular weight is 452 g/mol. The number of hydrogen-bond donors (Lipinski definition) is 0. The number of ether oxygens (including phenoxy) is 1. The molecule has 4 rings (SSSR count). The molecule has 0 fully saturated rings. The Kier molecular flexibility index (Phi) is 6.68. The Bertz CT molecular complexity index is 1310. The third-order valence-corrected chi connectivity index (χ3v) is 5.89. The molecule has 1 nitrogen and oxygen atoms in total. The summed E-state index contributed by atoms with van der Waals surface area (Å²) in [5.74, 6) is -5.56. The van der Waals surface area contributed by atoms with Crippen LogP contribution in [0.3, 0.4) is 0 Å². The van der Waals surface area contributed by atoms with Gasteiger partial charge >= 0.3 is 0 Å². The number of fused-ring (bicyclic) bond motifs is 1. The zero-order valence-corrected chi connectivity index (χ0v) is 18.5. The second kappa shape index (κ2) is 9.65. The van der Waals surface area contributed by atoms with Crippen molar-refractivity contribution in [1.29, 1.82) is 0 Å². The van der Waals surface area contributed by atoms with Gasteiger partial charge in [0.05, 0.1) is 7.11 Å². The number of rotatable bonds is 7. The molecule has 0 unspecified atom stereocenters. The summed E-state index contributed by atoms with van der Waals surface area (Å²) >= 11 is 0. The minimum absolute atomic E-state index is 0.228. The zero-order chi connectivity index (χ0) is 23.5. The fourth-order valence-corrected chi connectivity index (χ4v) is 4.08. The molecule has 0 heterocycles. The third kappa shape index (κ3) is 4.58. The van der Waals surface area contributed by atoms with Crippen molar-refractivity contribution >= 4 is 10.8 Å². The van der Waals surface area contributed by atoms with Crippen molar-refractivity contribution in [2.24, 2.45) is 0 Å². The molecule has 0 saturated heterocycles. The van der Waals surface area contributed by atoms with E-state index < -0.39 is 34.6 Å². The lowest BCUT2D eigenvalue weighted by Gasteiger charge is -2.12. The minimum Gasteiger partial charge on any atom is -0.491 e. The van der Waals surface area contributed by atoms with Crippen LogP contribution in [0.15, 0.2) is 60.7 Å². The van der Waals surface area contributed by atoms with Gasteiger partial charge in [-0.2, -0.15) is 4.39 Å². The summed E-state index contributed by atoms with van der Waals surface area (Å²) < 4.78 is 62.0. The van der Waals surface area contributed by atoms with Gasteiger partial charge in [0.2, 0.25) is 5.82 Å².